The molecule has 1 aromatic carbocycles. The summed E-state index contributed by atoms with van der Waals surface area (Å²) in [6, 6.07) is 8.32. The normalized spacial score (nSPS) is 17.0. The van der Waals surface area contributed by atoms with E-state index >= 15 is 0 Å². The van der Waals surface area contributed by atoms with E-state index in [1.807, 2.05) is 12.1 Å². The van der Waals surface area contributed by atoms with Gasteiger partial charge in [0, 0.05) is 26.2 Å². The molecular formula is C14H20O3. The zero-order valence-corrected chi connectivity index (χ0v) is 10.1. The van der Waals surface area contributed by atoms with Crippen LogP contribution in [0.15, 0.2) is 24.3 Å². The summed E-state index contributed by atoms with van der Waals surface area (Å²) < 4.78 is 10.9. The van der Waals surface area contributed by atoms with Crippen LogP contribution in [0.5, 0.6) is 5.75 Å². The molecular weight excluding hydrogens is 216 g/mol. The van der Waals surface area contributed by atoms with E-state index in [-0.39, 0.29) is 6.61 Å². The predicted octanol–water partition coefficient (Wildman–Crippen LogP) is 2.34. The molecule has 1 aliphatic heterocycles. The van der Waals surface area contributed by atoms with Crippen molar-refractivity contribution in [1.82, 2.24) is 0 Å². The highest BCUT2D eigenvalue weighted by Gasteiger charge is 2.15. The Morgan fingerprint density at radius 3 is 2.53 bits per heavy atom. The van der Waals surface area contributed by atoms with Gasteiger partial charge in [0.25, 0.3) is 0 Å². The molecule has 1 saturated heterocycles. The second-order valence-corrected chi connectivity index (χ2v) is 4.38. The van der Waals surface area contributed by atoms with Crippen LogP contribution in [0.2, 0.25) is 0 Å². The number of aliphatic hydroxyl groups excluding tert-OH is 1. The number of ether oxygens (including phenoxy) is 2. The molecule has 1 fully saturated rings. The Bertz CT molecular complexity index is 315. The molecule has 1 heterocycles. The fourth-order valence-electron chi connectivity index (χ4n) is 2.12. The first-order chi connectivity index (χ1) is 8.40. The van der Waals surface area contributed by atoms with Crippen molar-refractivity contribution in [2.75, 3.05) is 26.4 Å². The number of aliphatic hydroxyl groups is 1. The van der Waals surface area contributed by atoms with Gasteiger partial charge in [0.1, 0.15) is 5.75 Å². The molecule has 3 heteroatoms. The van der Waals surface area contributed by atoms with Crippen molar-refractivity contribution >= 4 is 0 Å². The van der Waals surface area contributed by atoms with Gasteiger partial charge in [-0.3, -0.25) is 0 Å². The topological polar surface area (TPSA) is 38.7 Å². The zero-order chi connectivity index (χ0) is 11.9. The lowest BCUT2D eigenvalue weighted by atomic mass is 9.92. The lowest BCUT2D eigenvalue weighted by molar-refractivity contribution is 0.0853. The van der Waals surface area contributed by atoms with Gasteiger partial charge in [0.15, 0.2) is 0 Å². The summed E-state index contributed by atoms with van der Waals surface area (Å²) in [5.74, 6) is 1.52. The SMILES string of the molecule is OCCCOc1ccc(C2CCOCC2)cc1. The first kappa shape index (κ1) is 12.4. The minimum Gasteiger partial charge on any atom is -0.494 e. The number of hydrogen-bond acceptors (Lipinski definition) is 3. The summed E-state index contributed by atoms with van der Waals surface area (Å²) in [6.45, 7) is 2.51. The van der Waals surface area contributed by atoms with Gasteiger partial charge in [0.05, 0.1) is 6.61 Å². The Balaban J connectivity index is 1.88. The Kier molecular flexibility index (Phi) is 4.83. The fraction of sp³-hybridized carbons (Fsp3) is 0.571. The van der Waals surface area contributed by atoms with E-state index in [4.69, 9.17) is 14.6 Å². The third-order valence-electron chi connectivity index (χ3n) is 3.14. The maximum Gasteiger partial charge on any atom is 0.119 e. The third-order valence-corrected chi connectivity index (χ3v) is 3.14. The van der Waals surface area contributed by atoms with Crippen molar-refractivity contribution in [3.8, 4) is 5.75 Å². The standard InChI is InChI=1S/C14H20O3/c15-8-1-9-17-14-4-2-12(3-5-14)13-6-10-16-11-7-13/h2-5,13,15H,1,6-11H2. The van der Waals surface area contributed by atoms with Crippen molar-refractivity contribution in [2.45, 2.75) is 25.2 Å². The van der Waals surface area contributed by atoms with Gasteiger partial charge in [-0.15, -0.1) is 0 Å². The van der Waals surface area contributed by atoms with Crippen LogP contribution in [-0.2, 0) is 4.74 Å². The van der Waals surface area contributed by atoms with Crippen molar-refractivity contribution in [1.29, 1.82) is 0 Å². The van der Waals surface area contributed by atoms with Gasteiger partial charge < -0.3 is 14.6 Å². The average molecular weight is 236 g/mol. The predicted molar refractivity (Wildman–Crippen MR) is 66.4 cm³/mol. The molecule has 3 nitrogen and oxygen atoms in total. The molecule has 0 saturated carbocycles. The maximum atomic E-state index is 8.67. The highest BCUT2D eigenvalue weighted by atomic mass is 16.5. The van der Waals surface area contributed by atoms with Crippen LogP contribution in [0.25, 0.3) is 0 Å². The second kappa shape index (κ2) is 6.62. The molecule has 0 aromatic heterocycles. The zero-order valence-electron chi connectivity index (χ0n) is 10.1. The van der Waals surface area contributed by atoms with Gasteiger partial charge in [0.2, 0.25) is 0 Å². The van der Waals surface area contributed by atoms with Crippen molar-refractivity contribution in [2.24, 2.45) is 0 Å². The second-order valence-electron chi connectivity index (χ2n) is 4.38. The van der Waals surface area contributed by atoms with Crippen molar-refractivity contribution < 1.29 is 14.6 Å². The molecule has 0 aliphatic carbocycles. The molecule has 0 unspecified atom stereocenters. The van der Waals surface area contributed by atoms with Crippen LogP contribution < -0.4 is 4.74 Å². The summed E-state index contributed by atoms with van der Waals surface area (Å²) in [6.07, 6.45) is 2.91. The Hall–Kier alpha value is -1.06. The largest absolute Gasteiger partial charge is 0.494 e. The van der Waals surface area contributed by atoms with E-state index in [2.05, 4.69) is 12.1 Å². The van der Waals surface area contributed by atoms with Crippen molar-refractivity contribution in [3.63, 3.8) is 0 Å². The molecule has 0 amide bonds. The average Bonchev–Trinajstić information content (AvgIpc) is 2.41. The van der Waals surface area contributed by atoms with E-state index in [0.29, 0.717) is 18.9 Å². The summed E-state index contributed by atoms with van der Waals surface area (Å²) in [4.78, 5) is 0. The fourth-order valence-corrected chi connectivity index (χ4v) is 2.12. The Morgan fingerprint density at radius 2 is 1.88 bits per heavy atom. The van der Waals surface area contributed by atoms with Crippen LogP contribution in [0.4, 0.5) is 0 Å². The van der Waals surface area contributed by atoms with E-state index in [0.717, 1.165) is 31.8 Å². The first-order valence-electron chi connectivity index (χ1n) is 6.31. The first-order valence-corrected chi connectivity index (χ1v) is 6.31. The van der Waals surface area contributed by atoms with Crippen LogP contribution in [-0.4, -0.2) is 31.5 Å². The molecule has 17 heavy (non-hydrogen) atoms. The summed E-state index contributed by atoms with van der Waals surface area (Å²) in [5.41, 5.74) is 1.38. The number of benzene rings is 1. The quantitative estimate of drug-likeness (QED) is 0.797. The maximum absolute atomic E-state index is 8.67. The molecule has 0 atom stereocenters. The van der Waals surface area contributed by atoms with Gasteiger partial charge in [-0.2, -0.15) is 0 Å². The van der Waals surface area contributed by atoms with E-state index in [1.165, 1.54) is 5.56 Å². The van der Waals surface area contributed by atoms with Crippen LogP contribution in [0.3, 0.4) is 0 Å². The monoisotopic (exact) mass is 236 g/mol. The smallest absolute Gasteiger partial charge is 0.119 e. The summed E-state index contributed by atoms with van der Waals surface area (Å²) in [5, 5.41) is 8.67. The molecule has 0 radical (unpaired) electrons. The molecule has 1 aliphatic rings. The van der Waals surface area contributed by atoms with Gasteiger partial charge in [-0.05, 0) is 36.5 Å². The molecule has 94 valence electrons. The van der Waals surface area contributed by atoms with Gasteiger partial charge in [-0.1, -0.05) is 12.1 Å². The van der Waals surface area contributed by atoms with Crippen LogP contribution in [0.1, 0.15) is 30.7 Å². The molecule has 0 spiro atoms. The van der Waals surface area contributed by atoms with Gasteiger partial charge >= 0.3 is 0 Å². The molecule has 1 aromatic rings. The minimum atomic E-state index is 0.181. The van der Waals surface area contributed by atoms with E-state index < -0.39 is 0 Å². The highest BCUT2D eigenvalue weighted by Crippen LogP contribution is 2.28. The highest BCUT2D eigenvalue weighted by molar-refractivity contribution is 5.29. The molecule has 0 bridgehead atoms. The lowest BCUT2D eigenvalue weighted by Crippen LogP contribution is -2.13. The van der Waals surface area contributed by atoms with Crippen LogP contribution >= 0.6 is 0 Å². The van der Waals surface area contributed by atoms with Gasteiger partial charge in [-0.25, -0.2) is 0 Å². The van der Waals surface area contributed by atoms with E-state index in [9.17, 15) is 0 Å². The van der Waals surface area contributed by atoms with Crippen molar-refractivity contribution in [3.05, 3.63) is 29.8 Å². The van der Waals surface area contributed by atoms with Crippen LogP contribution in [0, 0.1) is 0 Å². The molecule has 1 N–H and O–H groups in total. The van der Waals surface area contributed by atoms with E-state index in [1.54, 1.807) is 0 Å². The summed E-state index contributed by atoms with van der Waals surface area (Å²) >= 11 is 0. The number of rotatable bonds is 5. The third kappa shape index (κ3) is 3.72. The Labute approximate surface area is 102 Å². The molecule has 2 rings (SSSR count). The summed E-state index contributed by atoms with van der Waals surface area (Å²) in [7, 11) is 0. The minimum absolute atomic E-state index is 0.181. The Morgan fingerprint density at radius 1 is 1.18 bits per heavy atom. The lowest BCUT2D eigenvalue weighted by Gasteiger charge is -2.22. The number of hydrogen-bond donors (Lipinski definition) is 1.